The summed E-state index contributed by atoms with van der Waals surface area (Å²) in [5, 5.41) is 11.9. The van der Waals surface area contributed by atoms with E-state index in [0.717, 1.165) is 46.9 Å². The number of aromatic nitrogens is 2. The molecule has 0 aliphatic rings. The Morgan fingerprint density at radius 3 is 2.14 bits per heavy atom. The summed E-state index contributed by atoms with van der Waals surface area (Å²) < 4.78 is 14.0. The van der Waals surface area contributed by atoms with Crippen LogP contribution in [0.5, 0.6) is 0 Å². The lowest BCUT2D eigenvalue weighted by Gasteiger charge is -2.05. The van der Waals surface area contributed by atoms with Crippen LogP contribution in [0.15, 0.2) is 84.9 Å². The van der Waals surface area contributed by atoms with Gasteiger partial charge in [0.25, 0.3) is 0 Å². The molecule has 0 radical (unpaired) electrons. The first-order chi connectivity index (χ1) is 20.4. The van der Waals surface area contributed by atoms with Crippen LogP contribution in [0.3, 0.4) is 0 Å². The molecule has 4 aromatic rings. The third-order valence-corrected chi connectivity index (χ3v) is 6.86. The molecule has 0 saturated heterocycles. The molecule has 0 saturated carbocycles. The van der Waals surface area contributed by atoms with E-state index in [1.807, 2.05) is 48.5 Å². The highest BCUT2D eigenvalue weighted by atomic mass is 19.1. The summed E-state index contributed by atoms with van der Waals surface area (Å²) >= 11 is 0. The van der Waals surface area contributed by atoms with E-state index >= 15 is 0 Å². The Kier molecular flexibility index (Phi) is 11.0. The van der Waals surface area contributed by atoms with Crippen molar-refractivity contribution in [3.63, 3.8) is 0 Å². The third kappa shape index (κ3) is 8.86. The number of halogens is 1. The molecule has 1 aromatic heterocycles. The fraction of sp³-hybridized carbons (Fsp3) is 0.229. The minimum absolute atomic E-state index is 0.108. The number of amides is 1. The van der Waals surface area contributed by atoms with Crippen molar-refractivity contribution in [3.05, 3.63) is 102 Å². The summed E-state index contributed by atoms with van der Waals surface area (Å²) in [6.07, 6.45) is 13.0. The number of aliphatic carboxylic acids is 1. The van der Waals surface area contributed by atoms with E-state index in [4.69, 9.17) is 10.1 Å². The average molecular weight is 566 g/mol. The SMILES string of the molecule is CCCCCCCCNC(=O)C=Cc1ccc(-c2nc(-c3cccc(F)c3)[nH]c2-c2ccc(C=CC(=O)O)cc2)cc1. The fourth-order valence-electron chi connectivity index (χ4n) is 4.59. The topological polar surface area (TPSA) is 95.1 Å². The molecular formula is C35H36FN3O3. The van der Waals surface area contributed by atoms with Crippen molar-refractivity contribution in [2.45, 2.75) is 45.4 Å². The molecule has 1 heterocycles. The monoisotopic (exact) mass is 565 g/mol. The van der Waals surface area contributed by atoms with Gasteiger partial charge in [-0.2, -0.15) is 0 Å². The maximum absolute atomic E-state index is 14.0. The first-order valence-corrected chi connectivity index (χ1v) is 14.4. The lowest BCUT2D eigenvalue weighted by molar-refractivity contribution is -0.131. The molecule has 0 aliphatic carbocycles. The number of H-pyrrole nitrogens is 1. The summed E-state index contributed by atoms with van der Waals surface area (Å²) in [6, 6.07) is 21.4. The Hall–Kier alpha value is -4.78. The second-order valence-electron chi connectivity index (χ2n) is 10.1. The van der Waals surface area contributed by atoms with E-state index in [9.17, 15) is 14.0 Å². The van der Waals surface area contributed by atoms with Crippen molar-refractivity contribution in [2.24, 2.45) is 0 Å². The molecule has 0 bridgehead atoms. The zero-order chi connectivity index (χ0) is 29.7. The van der Waals surface area contributed by atoms with Crippen LogP contribution >= 0.6 is 0 Å². The number of hydrogen-bond acceptors (Lipinski definition) is 3. The van der Waals surface area contributed by atoms with Crippen molar-refractivity contribution in [3.8, 4) is 33.9 Å². The number of carbonyl (C=O) groups is 2. The summed E-state index contributed by atoms with van der Waals surface area (Å²) in [6.45, 7) is 2.88. The van der Waals surface area contributed by atoms with Crippen molar-refractivity contribution >= 4 is 24.0 Å². The zero-order valence-corrected chi connectivity index (χ0v) is 23.8. The van der Waals surface area contributed by atoms with Gasteiger partial charge in [0.05, 0.1) is 11.4 Å². The van der Waals surface area contributed by atoms with Crippen LogP contribution in [-0.4, -0.2) is 33.5 Å². The van der Waals surface area contributed by atoms with Gasteiger partial charge in [0.15, 0.2) is 0 Å². The van der Waals surface area contributed by atoms with Crippen LogP contribution < -0.4 is 5.32 Å². The van der Waals surface area contributed by atoms with E-state index < -0.39 is 5.97 Å². The molecule has 0 aliphatic heterocycles. The number of benzene rings is 3. The first kappa shape index (κ1) is 30.2. The number of unbranched alkanes of at least 4 members (excludes halogenated alkanes) is 5. The third-order valence-electron chi connectivity index (χ3n) is 6.86. The largest absolute Gasteiger partial charge is 0.478 e. The molecule has 42 heavy (non-hydrogen) atoms. The second-order valence-corrected chi connectivity index (χ2v) is 10.1. The maximum atomic E-state index is 14.0. The molecule has 6 nitrogen and oxygen atoms in total. The van der Waals surface area contributed by atoms with E-state index in [-0.39, 0.29) is 11.7 Å². The molecule has 0 spiro atoms. The molecule has 3 aromatic carbocycles. The van der Waals surface area contributed by atoms with Gasteiger partial charge in [0, 0.05) is 35.4 Å². The van der Waals surface area contributed by atoms with Crippen LogP contribution in [0.4, 0.5) is 4.39 Å². The van der Waals surface area contributed by atoms with Gasteiger partial charge in [-0.25, -0.2) is 14.2 Å². The first-order valence-electron chi connectivity index (χ1n) is 14.4. The summed E-state index contributed by atoms with van der Waals surface area (Å²) in [4.78, 5) is 31.3. The number of carboxylic acid groups (broad SMARTS) is 1. The standard InChI is InChI=1S/C35H36FN3O3/c1-2-3-4-5-6-7-23-37-31(40)21-15-25-11-17-27(18-12-25)33-34(28-19-13-26(14-20-28)16-22-32(41)42)39-35(38-33)29-9-8-10-30(36)24-29/h8-22,24H,2-7,23H2,1H3,(H,37,40)(H,38,39)(H,41,42). The fourth-order valence-corrected chi connectivity index (χ4v) is 4.59. The Balaban J connectivity index is 1.50. The van der Waals surface area contributed by atoms with Gasteiger partial charge in [-0.1, -0.05) is 99.7 Å². The Morgan fingerprint density at radius 1 is 0.833 bits per heavy atom. The van der Waals surface area contributed by atoms with Crippen molar-refractivity contribution < 1.29 is 19.1 Å². The van der Waals surface area contributed by atoms with Gasteiger partial charge in [-0.3, -0.25) is 4.79 Å². The number of aromatic amines is 1. The minimum Gasteiger partial charge on any atom is -0.478 e. The molecule has 3 N–H and O–H groups in total. The van der Waals surface area contributed by atoms with Crippen LogP contribution in [0, 0.1) is 5.82 Å². The van der Waals surface area contributed by atoms with Gasteiger partial charge in [0.1, 0.15) is 11.6 Å². The quantitative estimate of drug-likeness (QED) is 0.106. The molecule has 7 heteroatoms. The molecule has 216 valence electrons. The predicted molar refractivity (Wildman–Crippen MR) is 167 cm³/mol. The van der Waals surface area contributed by atoms with Crippen LogP contribution in [0.2, 0.25) is 0 Å². The number of hydrogen-bond donors (Lipinski definition) is 3. The van der Waals surface area contributed by atoms with E-state index in [1.54, 1.807) is 24.3 Å². The summed E-state index contributed by atoms with van der Waals surface area (Å²) in [5.41, 5.74) is 5.39. The van der Waals surface area contributed by atoms with E-state index in [1.165, 1.54) is 43.9 Å². The highest BCUT2D eigenvalue weighted by Gasteiger charge is 2.16. The molecule has 0 fully saturated rings. The molecular weight excluding hydrogens is 529 g/mol. The number of carboxylic acids is 1. The predicted octanol–water partition coefficient (Wildman–Crippen LogP) is 8.14. The van der Waals surface area contributed by atoms with Crippen molar-refractivity contribution in [1.29, 1.82) is 0 Å². The second kappa shape index (κ2) is 15.3. The number of nitrogens with zero attached hydrogens (tertiary/aromatic N) is 1. The smallest absolute Gasteiger partial charge is 0.328 e. The van der Waals surface area contributed by atoms with Gasteiger partial charge in [-0.05, 0) is 41.8 Å². The number of nitrogens with one attached hydrogen (secondary N) is 2. The van der Waals surface area contributed by atoms with Gasteiger partial charge in [-0.15, -0.1) is 0 Å². The Labute approximate surface area is 246 Å². The number of rotatable bonds is 14. The van der Waals surface area contributed by atoms with Crippen molar-refractivity contribution in [1.82, 2.24) is 15.3 Å². The highest BCUT2D eigenvalue weighted by molar-refractivity contribution is 5.92. The van der Waals surface area contributed by atoms with Crippen LogP contribution in [-0.2, 0) is 9.59 Å². The zero-order valence-electron chi connectivity index (χ0n) is 23.8. The van der Waals surface area contributed by atoms with Crippen molar-refractivity contribution in [2.75, 3.05) is 6.54 Å². The van der Waals surface area contributed by atoms with Gasteiger partial charge in [0.2, 0.25) is 5.91 Å². The Bertz CT molecular complexity index is 1540. The van der Waals surface area contributed by atoms with Crippen LogP contribution in [0.1, 0.15) is 56.6 Å². The summed E-state index contributed by atoms with van der Waals surface area (Å²) in [7, 11) is 0. The minimum atomic E-state index is -1.01. The van der Waals surface area contributed by atoms with E-state index in [0.29, 0.717) is 23.6 Å². The molecule has 4 rings (SSSR count). The lowest BCUT2D eigenvalue weighted by atomic mass is 10.0. The maximum Gasteiger partial charge on any atom is 0.328 e. The Morgan fingerprint density at radius 2 is 1.48 bits per heavy atom. The van der Waals surface area contributed by atoms with Crippen LogP contribution in [0.25, 0.3) is 46.1 Å². The molecule has 0 atom stereocenters. The average Bonchev–Trinajstić information content (AvgIpc) is 3.45. The van der Waals surface area contributed by atoms with E-state index in [2.05, 4.69) is 17.2 Å². The normalized spacial score (nSPS) is 11.4. The highest BCUT2D eigenvalue weighted by Crippen LogP contribution is 2.33. The number of carbonyl (C=O) groups excluding carboxylic acids is 1. The molecule has 1 amide bonds. The lowest BCUT2D eigenvalue weighted by Crippen LogP contribution is -2.21. The summed E-state index contributed by atoms with van der Waals surface area (Å²) in [5.74, 6) is -0.945. The molecule has 0 unspecified atom stereocenters. The number of imidazole rings is 1. The van der Waals surface area contributed by atoms with Gasteiger partial charge >= 0.3 is 5.97 Å². The van der Waals surface area contributed by atoms with Gasteiger partial charge < -0.3 is 15.4 Å².